The van der Waals surface area contributed by atoms with Gasteiger partial charge in [-0.2, -0.15) is 13.2 Å². The topological polar surface area (TPSA) is 72.9 Å². The second-order valence-electron chi connectivity index (χ2n) is 4.30. The summed E-state index contributed by atoms with van der Waals surface area (Å²) in [5.74, 6) is -1.99. The Hall–Kier alpha value is -1.35. The van der Waals surface area contributed by atoms with Gasteiger partial charge in [0, 0.05) is 13.1 Å². The lowest BCUT2D eigenvalue weighted by Crippen LogP contribution is -2.44. The van der Waals surface area contributed by atoms with Crippen LogP contribution in [0.3, 0.4) is 0 Å². The molecule has 2 N–H and O–H groups in total. The van der Waals surface area contributed by atoms with Crippen LogP contribution in [0.4, 0.5) is 13.2 Å². The smallest absolute Gasteiger partial charge is 0.405 e. The van der Waals surface area contributed by atoms with Gasteiger partial charge in [-0.3, -0.25) is 14.5 Å². The highest BCUT2D eigenvalue weighted by molar-refractivity contribution is 5.79. The normalized spacial score (nSPS) is 11.9. The van der Waals surface area contributed by atoms with Crippen LogP contribution in [0, 0.1) is 0 Å². The van der Waals surface area contributed by atoms with Crippen LogP contribution < -0.4 is 5.32 Å². The number of likely N-dealkylation sites (N-methyl/N-ethyl adjacent to an activating group) is 1. The molecular formula is C10H18F3N3O3. The lowest BCUT2D eigenvalue weighted by Gasteiger charge is -2.21. The Labute approximate surface area is 109 Å². The minimum absolute atomic E-state index is 0.277. The highest BCUT2D eigenvalue weighted by Gasteiger charge is 2.28. The number of hydrogen-bond acceptors (Lipinski definition) is 4. The van der Waals surface area contributed by atoms with Gasteiger partial charge in [0.25, 0.3) is 0 Å². The first-order valence-electron chi connectivity index (χ1n) is 5.52. The Morgan fingerprint density at radius 1 is 1.16 bits per heavy atom. The van der Waals surface area contributed by atoms with E-state index in [-0.39, 0.29) is 13.1 Å². The van der Waals surface area contributed by atoms with Gasteiger partial charge in [0.05, 0.1) is 13.1 Å². The van der Waals surface area contributed by atoms with E-state index in [1.54, 1.807) is 24.3 Å². The molecule has 112 valence electrons. The maximum absolute atomic E-state index is 11.9. The first-order chi connectivity index (χ1) is 8.60. The van der Waals surface area contributed by atoms with Crippen molar-refractivity contribution in [3.63, 3.8) is 0 Å². The Morgan fingerprint density at radius 3 is 2.16 bits per heavy atom. The fourth-order valence-corrected chi connectivity index (χ4v) is 1.20. The first-order valence-corrected chi connectivity index (χ1v) is 5.52. The average Bonchev–Trinajstić information content (AvgIpc) is 2.21. The third-order valence-electron chi connectivity index (χ3n) is 2.08. The number of aliphatic carboxylic acids is 1. The van der Waals surface area contributed by atoms with Crippen molar-refractivity contribution in [1.29, 1.82) is 0 Å². The van der Waals surface area contributed by atoms with Gasteiger partial charge in [-0.1, -0.05) is 0 Å². The third kappa shape index (κ3) is 11.5. The van der Waals surface area contributed by atoms with Gasteiger partial charge in [-0.25, -0.2) is 0 Å². The number of carboxylic acid groups (broad SMARTS) is 1. The first kappa shape index (κ1) is 17.6. The van der Waals surface area contributed by atoms with Crippen molar-refractivity contribution in [1.82, 2.24) is 15.1 Å². The number of nitrogens with one attached hydrogen (secondary N) is 1. The van der Waals surface area contributed by atoms with Crippen molar-refractivity contribution in [3.8, 4) is 0 Å². The van der Waals surface area contributed by atoms with Crippen LogP contribution in [-0.2, 0) is 9.59 Å². The highest BCUT2D eigenvalue weighted by Crippen LogP contribution is 2.11. The van der Waals surface area contributed by atoms with E-state index >= 15 is 0 Å². The van der Waals surface area contributed by atoms with Crippen molar-refractivity contribution >= 4 is 11.9 Å². The number of halogens is 3. The van der Waals surface area contributed by atoms with Crippen LogP contribution in [0.2, 0.25) is 0 Å². The molecule has 0 aliphatic carbocycles. The minimum atomic E-state index is -4.48. The maximum Gasteiger partial charge on any atom is 0.405 e. The zero-order valence-electron chi connectivity index (χ0n) is 10.8. The standard InChI is InChI=1S/C10H18F3N3O3/c1-15(2)3-4-16(6-9(18)19)5-8(17)14-7-10(11,12)13/h3-7H2,1-2H3,(H,14,17)(H,18,19). The van der Waals surface area contributed by atoms with Crippen LogP contribution in [0.15, 0.2) is 0 Å². The predicted octanol–water partition coefficient (Wildman–Crippen LogP) is -0.387. The number of nitrogens with zero attached hydrogens (tertiary/aromatic N) is 2. The summed E-state index contributed by atoms with van der Waals surface area (Å²) in [7, 11) is 3.53. The van der Waals surface area contributed by atoms with Crippen LogP contribution in [0.5, 0.6) is 0 Å². The molecule has 0 aliphatic rings. The van der Waals surface area contributed by atoms with E-state index in [9.17, 15) is 22.8 Å². The van der Waals surface area contributed by atoms with E-state index < -0.39 is 31.1 Å². The van der Waals surface area contributed by atoms with E-state index in [0.717, 1.165) is 0 Å². The van der Waals surface area contributed by atoms with Crippen molar-refractivity contribution in [3.05, 3.63) is 0 Å². The van der Waals surface area contributed by atoms with Gasteiger partial charge in [-0.15, -0.1) is 0 Å². The quantitative estimate of drug-likeness (QED) is 0.635. The number of carbonyl (C=O) groups is 2. The Balaban J connectivity index is 4.22. The molecular weight excluding hydrogens is 267 g/mol. The molecule has 0 radical (unpaired) electrons. The van der Waals surface area contributed by atoms with Crippen LogP contribution in [-0.4, -0.2) is 79.8 Å². The zero-order chi connectivity index (χ0) is 15.1. The van der Waals surface area contributed by atoms with E-state index in [4.69, 9.17) is 5.11 Å². The zero-order valence-corrected chi connectivity index (χ0v) is 10.8. The predicted molar refractivity (Wildman–Crippen MR) is 61.7 cm³/mol. The van der Waals surface area contributed by atoms with Gasteiger partial charge < -0.3 is 15.3 Å². The molecule has 0 saturated heterocycles. The number of carboxylic acids is 1. The summed E-state index contributed by atoms with van der Waals surface area (Å²) >= 11 is 0. The fourth-order valence-electron chi connectivity index (χ4n) is 1.20. The van der Waals surface area contributed by atoms with E-state index in [1.807, 2.05) is 0 Å². The van der Waals surface area contributed by atoms with E-state index in [1.165, 1.54) is 4.90 Å². The Bertz CT molecular complexity index is 308. The summed E-state index contributed by atoms with van der Waals surface area (Å²) in [4.78, 5) is 24.9. The van der Waals surface area contributed by atoms with Crippen LogP contribution in [0.25, 0.3) is 0 Å². The molecule has 6 nitrogen and oxygen atoms in total. The molecule has 0 bridgehead atoms. The number of alkyl halides is 3. The molecule has 0 unspecified atom stereocenters. The molecule has 0 rings (SSSR count). The fraction of sp³-hybridized carbons (Fsp3) is 0.800. The molecule has 9 heteroatoms. The molecule has 0 heterocycles. The molecule has 19 heavy (non-hydrogen) atoms. The second-order valence-corrected chi connectivity index (χ2v) is 4.30. The highest BCUT2D eigenvalue weighted by atomic mass is 19.4. The van der Waals surface area contributed by atoms with Crippen molar-refractivity contribution in [2.75, 3.05) is 46.8 Å². The van der Waals surface area contributed by atoms with Gasteiger partial charge >= 0.3 is 12.1 Å². The van der Waals surface area contributed by atoms with Crippen molar-refractivity contribution in [2.45, 2.75) is 6.18 Å². The minimum Gasteiger partial charge on any atom is -0.480 e. The summed E-state index contributed by atoms with van der Waals surface area (Å²) in [6.07, 6.45) is -4.48. The Morgan fingerprint density at radius 2 is 1.74 bits per heavy atom. The van der Waals surface area contributed by atoms with Gasteiger partial charge in [-0.05, 0) is 14.1 Å². The molecule has 0 spiro atoms. The lowest BCUT2D eigenvalue weighted by molar-refractivity contribution is -0.141. The molecule has 1 amide bonds. The number of rotatable bonds is 8. The van der Waals surface area contributed by atoms with Gasteiger partial charge in [0.2, 0.25) is 5.91 Å². The van der Waals surface area contributed by atoms with E-state index in [0.29, 0.717) is 6.54 Å². The summed E-state index contributed by atoms with van der Waals surface area (Å²) in [5.41, 5.74) is 0. The molecule has 0 atom stereocenters. The molecule has 0 aromatic carbocycles. The lowest BCUT2D eigenvalue weighted by atomic mass is 10.4. The van der Waals surface area contributed by atoms with Crippen LogP contribution >= 0.6 is 0 Å². The summed E-state index contributed by atoms with van der Waals surface area (Å²) in [6, 6.07) is 0. The van der Waals surface area contributed by atoms with Crippen molar-refractivity contribution in [2.24, 2.45) is 0 Å². The number of hydrogen-bond donors (Lipinski definition) is 2. The largest absolute Gasteiger partial charge is 0.480 e. The number of carbonyl (C=O) groups excluding carboxylic acids is 1. The maximum atomic E-state index is 11.9. The van der Waals surface area contributed by atoms with Crippen LogP contribution in [0.1, 0.15) is 0 Å². The SMILES string of the molecule is CN(C)CCN(CC(=O)O)CC(=O)NCC(F)(F)F. The second kappa shape index (κ2) is 7.95. The number of amides is 1. The third-order valence-corrected chi connectivity index (χ3v) is 2.08. The average molecular weight is 285 g/mol. The summed E-state index contributed by atoms with van der Waals surface area (Å²) < 4.78 is 35.7. The molecule has 0 fully saturated rings. The summed E-state index contributed by atoms with van der Waals surface area (Å²) in [6.45, 7) is -1.41. The van der Waals surface area contributed by atoms with Gasteiger partial charge in [0.15, 0.2) is 0 Å². The molecule has 0 aliphatic heterocycles. The van der Waals surface area contributed by atoms with E-state index in [2.05, 4.69) is 0 Å². The van der Waals surface area contributed by atoms with Crippen molar-refractivity contribution < 1.29 is 27.9 Å². The molecule has 0 saturated carbocycles. The monoisotopic (exact) mass is 285 g/mol. The molecule has 0 aromatic rings. The van der Waals surface area contributed by atoms with Gasteiger partial charge in [0.1, 0.15) is 6.54 Å². The molecule has 0 aromatic heterocycles. The Kier molecular flexibility index (Phi) is 7.38. The summed E-state index contributed by atoms with van der Waals surface area (Å²) in [5, 5.41) is 10.4.